The number of hydrogen-bond acceptors (Lipinski definition) is 4. The van der Waals surface area contributed by atoms with Crippen LogP contribution < -0.4 is 5.73 Å². The molecule has 0 spiro atoms. The number of nitrogens with two attached hydrogens (primary N) is 1. The van der Waals surface area contributed by atoms with Crippen molar-refractivity contribution in [2.45, 2.75) is 25.9 Å². The van der Waals surface area contributed by atoms with E-state index in [-0.39, 0.29) is 30.8 Å². The molecule has 7 nitrogen and oxygen atoms in total. The number of carbonyl (C=O) groups is 2. The number of ether oxygens (including phenoxy) is 1. The number of hydrogen-bond donors (Lipinski definition) is 1. The van der Waals surface area contributed by atoms with Crippen molar-refractivity contribution in [3.63, 3.8) is 0 Å². The van der Waals surface area contributed by atoms with Crippen LogP contribution in [0.2, 0.25) is 0 Å². The summed E-state index contributed by atoms with van der Waals surface area (Å²) in [6, 6.07) is 5.92. The average Bonchev–Trinajstić information content (AvgIpc) is 3.07. The van der Waals surface area contributed by atoms with Gasteiger partial charge in [-0.25, -0.2) is 9.07 Å². The SMILES string of the molecule is CC(C)c1c(C(=O)N2CCOC(C(N)=O)C2)cnn1-c1ccc(F)cc1. The van der Waals surface area contributed by atoms with E-state index in [1.165, 1.54) is 18.3 Å². The van der Waals surface area contributed by atoms with E-state index in [9.17, 15) is 14.0 Å². The molecule has 8 heteroatoms. The number of nitrogens with zero attached hydrogens (tertiary/aromatic N) is 3. The fraction of sp³-hybridized carbons (Fsp3) is 0.389. The minimum absolute atomic E-state index is 0.00878. The fourth-order valence-corrected chi connectivity index (χ4v) is 3.04. The van der Waals surface area contributed by atoms with E-state index in [1.807, 2.05) is 13.8 Å². The van der Waals surface area contributed by atoms with Gasteiger partial charge in [-0.3, -0.25) is 9.59 Å². The summed E-state index contributed by atoms with van der Waals surface area (Å²) in [5, 5.41) is 4.33. The number of primary amides is 1. The molecule has 2 N–H and O–H groups in total. The summed E-state index contributed by atoms with van der Waals surface area (Å²) in [6.07, 6.45) is 0.706. The first-order valence-electron chi connectivity index (χ1n) is 8.42. The largest absolute Gasteiger partial charge is 0.367 e. The maximum Gasteiger partial charge on any atom is 0.257 e. The van der Waals surface area contributed by atoms with Crippen molar-refractivity contribution in [3.05, 3.63) is 47.5 Å². The van der Waals surface area contributed by atoms with Gasteiger partial charge in [0.15, 0.2) is 6.10 Å². The Balaban J connectivity index is 1.93. The maximum atomic E-state index is 13.2. The van der Waals surface area contributed by atoms with Crippen LogP contribution in [0.4, 0.5) is 4.39 Å². The Kier molecular flexibility index (Phi) is 5.03. The lowest BCUT2D eigenvalue weighted by Gasteiger charge is -2.31. The van der Waals surface area contributed by atoms with Gasteiger partial charge in [-0.1, -0.05) is 13.8 Å². The molecule has 1 unspecified atom stereocenters. The molecule has 26 heavy (non-hydrogen) atoms. The van der Waals surface area contributed by atoms with E-state index in [1.54, 1.807) is 21.7 Å². The van der Waals surface area contributed by atoms with Crippen LogP contribution >= 0.6 is 0 Å². The fourth-order valence-electron chi connectivity index (χ4n) is 3.04. The molecule has 0 aliphatic carbocycles. The Morgan fingerprint density at radius 1 is 1.31 bits per heavy atom. The summed E-state index contributed by atoms with van der Waals surface area (Å²) >= 11 is 0. The Labute approximate surface area is 150 Å². The van der Waals surface area contributed by atoms with Crippen LogP contribution in [0.25, 0.3) is 5.69 Å². The normalized spacial score (nSPS) is 17.5. The monoisotopic (exact) mass is 360 g/mol. The number of aromatic nitrogens is 2. The van der Waals surface area contributed by atoms with E-state index in [0.717, 1.165) is 5.69 Å². The lowest BCUT2D eigenvalue weighted by atomic mass is 10.0. The average molecular weight is 360 g/mol. The van der Waals surface area contributed by atoms with Gasteiger partial charge in [0.2, 0.25) is 5.91 Å². The van der Waals surface area contributed by atoms with Crippen LogP contribution in [0.5, 0.6) is 0 Å². The first-order chi connectivity index (χ1) is 12.4. The number of morpholine rings is 1. The number of benzene rings is 1. The molecule has 0 saturated carbocycles. The second-order valence-electron chi connectivity index (χ2n) is 6.50. The third kappa shape index (κ3) is 3.45. The first-order valence-corrected chi connectivity index (χ1v) is 8.42. The van der Waals surface area contributed by atoms with Gasteiger partial charge in [0.1, 0.15) is 5.82 Å². The van der Waals surface area contributed by atoms with Crippen LogP contribution in [-0.4, -0.2) is 52.3 Å². The Bertz CT molecular complexity index is 816. The molecule has 2 heterocycles. The van der Waals surface area contributed by atoms with Gasteiger partial charge in [-0.15, -0.1) is 0 Å². The van der Waals surface area contributed by atoms with E-state index in [0.29, 0.717) is 17.8 Å². The van der Waals surface area contributed by atoms with Crippen molar-refractivity contribution in [1.29, 1.82) is 0 Å². The highest BCUT2D eigenvalue weighted by molar-refractivity contribution is 5.96. The molecule has 0 radical (unpaired) electrons. The second kappa shape index (κ2) is 7.25. The molecule has 1 aliphatic rings. The summed E-state index contributed by atoms with van der Waals surface area (Å²) in [4.78, 5) is 25.9. The van der Waals surface area contributed by atoms with Gasteiger partial charge in [0, 0.05) is 6.54 Å². The molecule has 2 amide bonds. The van der Waals surface area contributed by atoms with Crippen molar-refractivity contribution >= 4 is 11.8 Å². The van der Waals surface area contributed by atoms with Crippen molar-refractivity contribution in [3.8, 4) is 5.69 Å². The van der Waals surface area contributed by atoms with Gasteiger partial charge in [-0.2, -0.15) is 5.10 Å². The Morgan fingerprint density at radius 2 is 2.00 bits per heavy atom. The minimum Gasteiger partial charge on any atom is -0.367 e. The maximum absolute atomic E-state index is 13.2. The molecule has 1 aliphatic heterocycles. The topological polar surface area (TPSA) is 90.4 Å². The smallest absolute Gasteiger partial charge is 0.257 e. The number of amides is 2. The highest BCUT2D eigenvalue weighted by atomic mass is 19.1. The molecule has 1 atom stereocenters. The molecule has 2 aromatic rings. The third-order valence-corrected chi connectivity index (χ3v) is 4.33. The van der Waals surface area contributed by atoms with Crippen LogP contribution in [0, 0.1) is 5.82 Å². The summed E-state index contributed by atoms with van der Waals surface area (Å²) in [5.74, 6) is -1.14. The molecule has 1 fully saturated rings. The zero-order valence-electron chi connectivity index (χ0n) is 14.7. The highest BCUT2D eigenvalue weighted by Gasteiger charge is 2.31. The number of carbonyl (C=O) groups excluding carboxylic acids is 2. The Hall–Kier alpha value is -2.74. The molecule has 1 aromatic heterocycles. The number of halogens is 1. The van der Waals surface area contributed by atoms with Gasteiger partial charge in [-0.05, 0) is 30.2 Å². The Morgan fingerprint density at radius 3 is 2.62 bits per heavy atom. The molecular formula is C18H21FN4O3. The lowest BCUT2D eigenvalue weighted by molar-refractivity contribution is -0.133. The molecule has 0 bridgehead atoms. The third-order valence-electron chi connectivity index (χ3n) is 4.33. The minimum atomic E-state index is -0.803. The zero-order chi connectivity index (χ0) is 18.8. The summed E-state index contributed by atoms with van der Waals surface area (Å²) in [7, 11) is 0. The molecule has 1 saturated heterocycles. The summed E-state index contributed by atoms with van der Waals surface area (Å²) in [6.45, 7) is 4.66. The van der Waals surface area contributed by atoms with E-state index < -0.39 is 12.0 Å². The molecule has 1 aromatic carbocycles. The zero-order valence-corrected chi connectivity index (χ0v) is 14.7. The molecular weight excluding hydrogens is 339 g/mol. The van der Waals surface area contributed by atoms with Gasteiger partial charge < -0.3 is 15.4 Å². The van der Waals surface area contributed by atoms with Crippen molar-refractivity contribution in [2.75, 3.05) is 19.7 Å². The lowest BCUT2D eigenvalue weighted by Crippen LogP contribution is -2.50. The van der Waals surface area contributed by atoms with Gasteiger partial charge >= 0.3 is 0 Å². The van der Waals surface area contributed by atoms with E-state index in [2.05, 4.69) is 5.10 Å². The standard InChI is InChI=1S/C18H21FN4O3/c1-11(2)16-14(9-21-23(16)13-5-3-12(19)4-6-13)18(25)22-7-8-26-15(10-22)17(20)24/h3-6,9,11,15H,7-8,10H2,1-2H3,(H2,20,24). The predicted molar refractivity (Wildman–Crippen MR) is 92.4 cm³/mol. The van der Waals surface area contributed by atoms with Crippen molar-refractivity contribution in [1.82, 2.24) is 14.7 Å². The van der Waals surface area contributed by atoms with Crippen LogP contribution in [0.3, 0.4) is 0 Å². The summed E-state index contributed by atoms with van der Waals surface area (Å²) in [5.41, 5.74) is 7.14. The van der Waals surface area contributed by atoms with Crippen LogP contribution in [0.15, 0.2) is 30.5 Å². The second-order valence-corrected chi connectivity index (χ2v) is 6.50. The summed E-state index contributed by atoms with van der Waals surface area (Å²) < 4.78 is 20.1. The molecule has 3 rings (SSSR count). The van der Waals surface area contributed by atoms with Gasteiger partial charge in [0.05, 0.1) is 36.3 Å². The quantitative estimate of drug-likeness (QED) is 0.894. The van der Waals surface area contributed by atoms with Gasteiger partial charge in [0.25, 0.3) is 5.91 Å². The highest BCUT2D eigenvalue weighted by Crippen LogP contribution is 2.25. The van der Waals surface area contributed by atoms with Crippen molar-refractivity contribution in [2.24, 2.45) is 5.73 Å². The predicted octanol–water partition coefficient (Wildman–Crippen LogP) is 1.46. The van der Waals surface area contributed by atoms with Crippen LogP contribution in [-0.2, 0) is 9.53 Å². The van der Waals surface area contributed by atoms with Crippen LogP contribution in [0.1, 0.15) is 35.8 Å². The van der Waals surface area contributed by atoms with E-state index >= 15 is 0 Å². The van der Waals surface area contributed by atoms with Crippen molar-refractivity contribution < 1.29 is 18.7 Å². The number of rotatable bonds is 4. The first kappa shape index (κ1) is 18.1. The molecule has 138 valence electrons. The van der Waals surface area contributed by atoms with E-state index in [4.69, 9.17) is 10.5 Å².